The Labute approximate surface area is 162 Å². The van der Waals surface area contributed by atoms with Gasteiger partial charge < -0.3 is 19.3 Å². The summed E-state index contributed by atoms with van der Waals surface area (Å²) in [5.74, 6) is 0.0671. The number of nitrogen functional groups attached to an aromatic ring is 1. The lowest BCUT2D eigenvalue weighted by molar-refractivity contribution is 0.213. The van der Waals surface area contributed by atoms with Crippen LogP contribution in [0.3, 0.4) is 0 Å². The Kier molecular flexibility index (Phi) is 7.95. The molecule has 0 radical (unpaired) electrons. The van der Waals surface area contributed by atoms with Crippen LogP contribution in [0.25, 0.3) is 11.2 Å². The van der Waals surface area contributed by atoms with Crippen LogP contribution in [0.2, 0.25) is 5.15 Å². The zero-order chi connectivity index (χ0) is 19.9. The molecule has 0 aromatic carbocycles. The van der Waals surface area contributed by atoms with E-state index in [-0.39, 0.29) is 23.8 Å². The zero-order valence-electron chi connectivity index (χ0n) is 15.3. The van der Waals surface area contributed by atoms with Gasteiger partial charge in [-0.25, -0.2) is 4.98 Å². The van der Waals surface area contributed by atoms with E-state index in [0.29, 0.717) is 44.0 Å². The fraction of sp³-hybridized carbons (Fsp3) is 0.600. The number of halogens is 1. The molecule has 0 saturated heterocycles. The number of hydrogen-bond acceptors (Lipinski definition) is 9. The maximum atomic E-state index is 12.6. The standard InChI is InChI=1S/C15H23ClN7O3P/c1-3-25-27(24,26-4-2)10-9-22(6-5-17)7-8-23-11-19-12-13(16)20-15(18)21-14(12)23/h11H,3-4,6-10H2,1-2H3,(H2,18,20,21). The fourth-order valence-electron chi connectivity index (χ4n) is 2.53. The number of hydrogen-bond donors (Lipinski definition) is 1. The Morgan fingerprint density at radius 3 is 2.67 bits per heavy atom. The predicted octanol–water partition coefficient (Wildman–Crippen LogP) is 2.15. The fourth-order valence-corrected chi connectivity index (χ4v) is 4.40. The van der Waals surface area contributed by atoms with Gasteiger partial charge in [0, 0.05) is 19.6 Å². The van der Waals surface area contributed by atoms with Gasteiger partial charge in [0.25, 0.3) is 0 Å². The number of nitrogens with zero attached hydrogens (tertiary/aromatic N) is 6. The monoisotopic (exact) mass is 415 g/mol. The Morgan fingerprint density at radius 2 is 2.04 bits per heavy atom. The lowest BCUT2D eigenvalue weighted by Crippen LogP contribution is -2.31. The topological polar surface area (TPSA) is 132 Å². The van der Waals surface area contributed by atoms with Crippen molar-refractivity contribution in [2.75, 3.05) is 44.7 Å². The maximum absolute atomic E-state index is 12.6. The van der Waals surface area contributed by atoms with Crippen LogP contribution in [0.15, 0.2) is 6.33 Å². The van der Waals surface area contributed by atoms with Gasteiger partial charge in [-0.1, -0.05) is 11.6 Å². The molecule has 0 aliphatic rings. The number of rotatable bonds is 11. The molecular formula is C15H23ClN7O3P. The highest BCUT2D eigenvalue weighted by atomic mass is 35.5. The smallest absolute Gasteiger partial charge is 0.331 e. The molecule has 2 rings (SSSR count). The Balaban J connectivity index is 2.04. The third-order valence-electron chi connectivity index (χ3n) is 3.73. The summed E-state index contributed by atoms with van der Waals surface area (Å²) in [5, 5.41) is 9.27. The number of nitriles is 1. The average Bonchev–Trinajstić information content (AvgIpc) is 3.01. The van der Waals surface area contributed by atoms with Crippen molar-refractivity contribution in [2.45, 2.75) is 20.4 Å². The van der Waals surface area contributed by atoms with E-state index in [4.69, 9.17) is 31.6 Å². The number of fused-ring (bicyclic) bond motifs is 1. The molecule has 0 bridgehead atoms. The van der Waals surface area contributed by atoms with Gasteiger partial charge >= 0.3 is 7.60 Å². The molecule has 0 spiro atoms. The summed E-state index contributed by atoms with van der Waals surface area (Å²) < 4.78 is 25.0. The molecule has 0 fully saturated rings. The van der Waals surface area contributed by atoms with Crippen LogP contribution in [0.5, 0.6) is 0 Å². The quantitative estimate of drug-likeness (QED) is 0.333. The van der Waals surface area contributed by atoms with Gasteiger partial charge in [-0.2, -0.15) is 15.2 Å². The molecule has 0 unspecified atom stereocenters. The molecule has 0 atom stereocenters. The summed E-state index contributed by atoms with van der Waals surface area (Å²) in [7, 11) is -3.16. The second kappa shape index (κ2) is 9.97. The molecule has 0 amide bonds. The molecule has 2 heterocycles. The molecule has 148 valence electrons. The van der Waals surface area contributed by atoms with Gasteiger partial charge in [0.2, 0.25) is 5.95 Å². The van der Waals surface area contributed by atoms with E-state index in [9.17, 15) is 4.57 Å². The summed E-state index contributed by atoms with van der Waals surface area (Å²) >= 11 is 6.03. The first-order valence-electron chi connectivity index (χ1n) is 8.53. The van der Waals surface area contributed by atoms with Crippen LogP contribution in [0.1, 0.15) is 13.8 Å². The van der Waals surface area contributed by atoms with Crippen LogP contribution >= 0.6 is 19.2 Å². The highest BCUT2D eigenvalue weighted by Gasteiger charge is 2.24. The largest absolute Gasteiger partial charge is 0.368 e. The van der Waals surface area contributed by atoms with Crippen molar-refractivity contribution in [2.24, 2.45) is 0 Å². The first kappa shape index (κ1) is 21.5. The highest BCUT2D eigenvalue weighted by Crippen LogP contribution is 2.47. The van der Waals surface area contributed by atoms with Crippen LogP contribution in [0.4, 0.5) is 5.95 Å². The van der Waals surface area contributed by atoms with E-state index in [1.807, 2.05) is 4.90 Å². The predicted molar refractivity (Wildman–Crippen MR) is 103 cm³/mol. The first-order valence-corrected chi connectivity index (χ1v) is 10.6. The summed E-state index contributed by atoms with van der Waals surface area (Å²) in [5.41, 5.74) is 6.64. The van der Waals surface area contributed by atoms with E-state index in [2.05, 4.69) is 21.0 Å². The van der Waals surface area contributed by atoms with E-state index in [1.165, 1.54) is 0 Å². The zero-order valence-corrected chi connectivity index (χ0v) is 17.0. The van der Waals surface area contributed by atoms with Crippen molar-refractivity contribution in [1.29, 1.82) is 5.26 Å². The Morgan fingerprint density at radius 1 is 1.33 bits per heavy atom. The van der Waals surface area contributed by atoms with Crippen molar-refractivity contribution in [3.05, 3.63) is 11.5 Å². The molecule has 27 heavy (non-hydrogen) atoms. The first-order chi connectivity index (χ1) is 12.9. The van der Waals surface area contributed by atoms with E-state index >= 15 is 0 Å². The number of aromatic nitrogens is 4. The van der Waals surface area contributed by atoms with E-state index in [1.54, 1.807) is 24.7 Å². The Bertz CT molecular complexity index is 844. The molecule has 2 aromatic rings. The molecule has 12 heteroatoms. The highest BCUT2D eigenvalue weighted by molar-refractivity contribution is 7.53. The molecule has 0 aliphatic heterocycles. The van der Waals surface area contributed by atoms with Gasteiger partial charge in [-0.05, 0) is 13.8 Å². The van der Waals surface area contributed by atoms with Gasteiger partial charge in [-0.3, -0.25) is 9.46 Å². The van der Waals surface area contributed by atoms with E-state index < -0.39 is 7.60 Å². The molecule has 0 aliphatic carbocycles. The number of anilines is 1. The van der Waals surface area contributed by atoms with Crippen LogP contribution in [-0.2, 0) is 20.2 Å². The van der Waals surface area contributed by atoms with Crippen molar-refractivity contribution < 1.29 is 13.6 Å². The second-order valence-corrected chi connectivity index (χ2v) is 8.13. The van der Waals surface area contributed by atoms with Gasteiger partial charge in [0.05, 0.1) is 38.3 Å². The second-order valence-electron chi connectivity index (χ2n) is 5.59. The van der Waals surface area contributed by atoms with Gasteiger partial charge in [0.1, 0.15) is 5.52 Å². The molecular weight excluding hydrogens is 393 g/mol. The minimum atomic E-state index is -3.16. The third-order valence-corrected chi connectivity index (χ3v) is 6.05. The van der Waals surface area contributed by atoms with Crippen LogP contribution < -0.4 is 5.73 Å². The Hall–Kier alpha value is -1.76. The number of imidazole rings is 1. The van der Waals surface area contributed by atoms with Crippen molar-refractivity contribution in [3.63, 3.8) is 0 Å². The van der Waals surface area contributed by atoms with E-state index in [0.717, 1.165) is 0 Å². The third kappa shape index (κ3) is 5.86. The summed E-state index contributed by atoms with van der Waals surface area (Å²) in [4.78, 5) is 14.1. The van der Waals surface area contributed by atoms with Crippen LogP contribution in [-0.4, -0.2) is 63.4 Å². The summed E-state index contributed by atoms with van der Waals surface area (Å²) in [6, 6.07) is 2.12. The molecule has 10 nitrogen and oxygen atoms in total. The van der Waals surface area contributed by atoms with Crippen molar-refractivity contribution in [1.82, 2.24) is 24.4 Å². The summed E-state index contributed by atoms with van der Waals surface area (Å²) in [6.45, 7) is 5.73. The molecule has 2 N–H and O–H groups in total. The summed E-state index contributed by atoms with van der Waals surface area (Å²) in [6.07, 6.45) is 1.81. The van der Waals surface area contributed by atoms with Gasteiger partial charge in [0.15, 0.2) is 10.8 Å². The minimum Gasteiger partial charge on any atom is -0.368 e. The van der Waals surface area contributed by atoms with Crippen molar-refractivity contribution in [3.8, 4) is 6.07 Å². The lowest BCUT2D eigenvalue weighted by Gasteiger charge is -2.23. The minimum absolute atomic E-state index is 0.0671. The number of nitrogens with two attached hydrogens (primary N) is 1. The molecule has 0 saturated carbocycles. The normalized spacial score (nSPS) is 12.0. The maximum Gasteiger partial charge on any atom is 0.331 e. The lowest BCUT2D eigenvalue weighted by atomic mass is 10.4. The average molecular weight is 416 g/mol. The SMILES string of the molecule is CCOP(=O)(CCN(CC#N)CCn1cnc2c(Cl)nc(N)nc21)OCC. The molecule has 2 aromatic heterocycles. The van der Waals surface area contributed by atoms with Crippen molar-refractivity contribution >= 4 is 36.3 Å². The van der Waals surface area contributed by atoms with Gasteiger partial charge in [-0.15, -0.1) is 0 Å². The van der Waals surface area contributed by atoms with Crippen LogP contribution in [0, 0.1) is 11.3 Å².